The van der Waals surface area contributed by atoms with Crippen LogP contribution in [0.15, 0.2) is 91.6 Å². The topological polar surface area (TPSA) is 109 Å². The molecule has 5 rings (SSSR count). The Kier molecular flexibility index (Phi) is 9.79. The smallest absolute Gasteiger partial charge is 0.282 e. The second-order valence-electron chi connectivity index (χ2n) is 10.6. The van der Waals surface area contributed by atoms with E-state index in [4.69, 9.17) is 14.5 Å². The molecule has 1 heterocycles. The molecule has 0 saturated heterocycles. The van der Waals surface area contributed by atoms with Gasteiger partial charge in [0.05, 0.1) is 37.6 Å². The average molecular weight is 734 g/mol. The molecule has 0 aliphatic carbocycles. The molecule has 0 atom stereocenters. The van der Waals surface area contributed by atoms with Crippen molar-refractivity contribution in [1.82, 2.24) is 9.66 Å². The van der Waals surface area contributed by atoms with Crippen molar-refractivity contribution in [2.24, 2.45) is 5.10 Å². The number of hydrogen-bond acceptors (Lipinski definition) is 7. The van der Waals surface area contributed by atoms with Gasteiger partial charge in [0, 0.05) is 17.7 Å². The molecule has 45 heavy (non-hydrogen) atoms. The summed E-state index contributed by atoms with van der Waals surface area (Å²) < 4.78 is 14.5. The van der Waals surface area contributed by atoms with Gasteiger partial charge in [-0.1, -0.05) is 38.1 Å². The normalized spacial score (nSPS) is 11.4. The zero-order valence-electron chi connectivity index (χ0n) is 25.1. The molecule has 4 aromatic carbocycles. The van der Waals surface area contributed by atoms with Gasteiger partial charge in [-0.25, -0.2) is 4.98 Å². The molecule has 0 N–H and O–H groups in total. The Labute approximate surface area is 276 Å². The molecule has 0 fully saturated rings. The summed E-state index contributed by atoms with van der Waals surface area (Å²) in [5, 5.41) is 16.2. The van der Waals surface area contributed by atoms with E-state index in [1.165, 1.54) is 16.8 Å². The summed E-state index contributed by atoms with van der Waals surface area (Å²) in [6, 6.07) is 21.2. The van der Waals surface area contributed by atoms with Crippen LogP contribution in [0, 0.1) is 17.0 Å². The zero-order valence-corrected chi connectivity index (χ0v) is 28.3. The van der Waals surface area contributed by atoms with Gasteiger partial charge in [0.25, 0.3) is 11.2 Å². The van der Waals surface area contributed by atoms with Crippen molar-refractivity contribution >= 4 is 54.7 Å². The summed E-state index contributed by atoms with van der Waals surface area (Å²) in [5.74, 6) is 1.94. The maximum atomic E-state index is 13.8. The maximum Gasteiger partial charge on any atom is 0.282 e. The van der Waals surface area contributed by atoms with Gasteiger partial charge in [0.2, 0.25) is 0 Å². The summed E-state index contributed by atoms with van der Waals surface area (Å²) in [7, 11) is 0. The molecular weight excluding hydrogens is 704 g/mol. The Hall–Kier alpha value is -4.35. The number of aryl methyl sites for hydroxylation is 1. The van der Waals surface area contributed by atoms with Gasteiger partial charge in [-0.2, -0.15) is 9.78 Å². The van der Waals surface area contributed by atoms with Crippen molar-refractivity contribution < 1.29 is 14.4 Å². The first-order valence-corrected chi connectivity index (χ1v) is 15.8. The number of ether oxygens (including phenoxy) is 2. The fourth-order valence-corrected chi connectivity index (χ4v) is 6.36. The van der Waals surface area contributed by atoms with Crippen LogP contribution in [0.4, 0.5) is 5.69 Å². The van der Waals surface area contributed by atoms with E-state index in [0.29, 0.717) is 49.2 Å². The van der Waals surface area contributed by atoms with Crippen molar-refractivity contribution in [3.63, 3.8) is 0 Å². The molecule has 0 bridgehead atoms. The van der Waals surface area contributed by atoms with Crippen molar-refractivity contribution in [3.05, 3.63) is 124 Å². The Morgan fingerprint density at radius 2 is 1.76 bits per heavy atom. The van der Waals surface area contributed by atoms with Crippen LogP contribution in [0.1, 0.15) is 48.9 Å². The standard InChI is InChI=1S/C34H30Br2N4O5/c1-5-44-31-13-21(4)27(17-26(31)20(2)3)33-38-30-12-7-6-11-25(30)34(41)39(33)37-18-23-15-28(35)32(29(36)16-23)45-19-22-9-8-10-24(14-22)40(42)43/h6-18,20H,5,19H2,1-4H3. The van der Waals surface area contributed by atoms with Gasteiger partial charge in [0.15, 0.2) is 5.82 Å². The largest absolute Gasteiger partial charge is 0.494 e. The first kappa shape index (κ1) is 32.1. The Bertz CT molecular complexity index is 1980. The highest BCUT2D eigenvalue weighted by Crippen LogP contribution is 2.36. The van der Waals surface area contributed by atoms with Crippen molar-refractivity contribution in [2.45, 2.75) is 40.2 Å². The van der Waals surface area contributed by atoms with Crippen LogP contribution < -0.4 is 15.0 Å². The highest BCUT2D eigenvalue weighted by molar-refractivity contribution is 9.11. The molecule has 11 heteroatoms. The van der Waals surface area contributed by atoms with Crippen molar-refractivity contribution in [3.8, 4) is 22.9 Å². The van der Waals surface area contributed by atoms with Crippen molar-refractivity contribution in [1.29, 1.82) is 0 Å². The first-order chi connectivity index (χ1) is 21.6. The highest BCUT2D eigenvalue weighted by Gasteiger charge is 2.19. The van der Waals surface area contributed by atoms with Gasteiger partial charge in [0.1, 0.15) is 18.1 Å². The molecular formula is C34H30Br2N4O5. The van der Waals surface area contributed by atoms with E-state index in [2.05, 4.69) is 50.8 Å². The van der Waals surface area contributed by atoms with Crippen LogP contribution in [0.3, 0.4) is 0 Å². The SMILES string of the molecule is CCOc1cc(C)c(-c2nc3ccccc3c(=O)n2N=Cc2cc(Br)c(OCc3cccc([N+](=O)[O-])c3)c(Br)c2)cc1C(C)C. The van der Waals surface area contributed by atoms with Crippen molar-refractivity contribution in [2.75, 3.05) is 6.61 Å². The summed E-state index contributed by atoms with van der Waals surface area (Å²) in [5.41, 5.74) is 4.35. The summed E-state index contributed by atoms with van der Waals surface area (Å²) >= 11 is 7.13. The molecule has 0 spiro atoms. The number of halogens is 2. The molecule has 0 aliphatic rings. The second-order valence-corrected chi connectivity index (χ2v) is 12.3. The van der Waals surface area contributed by atoms with Crippen LogP contribution in [0.5, 0.6) is 11.5 Å². The fraction of sp³-hybridized carbons (Fsp3) is 0.206. The van der Waals surface area contributed by atoms with Gasteiger partial charge < -0.3 is 9.47 Å². The highest BCUT2D eigenvalue weighted by atomic mass is 79.9. The van der Waals surface area contributed by atoms with E-state index in [-0.39, 0.29) is 23.8 Å². The molecule has 0 amide bonds. The van der Waals surface area contributed by atoms with Crippen LogP contribution in [0.25, 0.3) is 22.3 Å². The molecule has 0 radical (unpaired) electrons. The van der Waals surface area contributed by atoms with E-state index < -0.39 is 4.92 Å². The van der Waals surface area contributed by atoms with Crippen LogP contribution in [0.2, 0.25) is 0 Å². The lowest BCUT2D eigenvalue weighted by atomic mass is 9.96. The average Bonchev–Trinajstić information content (AvgIpc) is 3.00. The van der Waals surface area contributed by atoms with Gasteiger partial charge in [-0.3, -0.25) is 14.9 Å². The Balaban J connectivity index is 1.54. The monoisotopic (exact) mass is 732 g/mol. The van der Waals surface area contributed by atoms with Crippen LogP contribution >= 0.6 is 31.9 Å². The minimum absolute atomic E-state index is 0.000516. The third-order valence-electron chi connectivity index (χ3n) is 7.12. The summed E-state index contributed by atoms with van der Waals surface area (Å²) in [4.78, 5) is 29.4. The second kappa shape index (κ2) is 13.7. The lowest BCUT2D eigenvalue weighted by Crippen LogP contribution is -2.21. The predicted octanol–water partition coefficient (Wildman–Crippen LogP) is 8.79. The van der Waals surface area contributed by atoms with Gasteiger partial charge in [-0.05, 0) is 110 Å². The Morgan fingerprint density at radius 3 is 2.44 bits per heavy atom. The number of benzene rings is 4. The van der Waals surface area contributed by atoms with E-state index in [1.807, 2.05) is 50.2 Å². The third kappa shape index (κ3) is 6.99. The van der Waals surface area contributed by atoms with E-state index in [1.54, 1.807) is 30.5 Å². The van der Waals surface area contributed by atoms with Crippen LogP contribution in [-0.4, -0.2) is 27.4 Å². The number of nitrogens with zero attached hydrogens (tertiary/aromatic N) is 4. The number of non-ortho nitro benzene ring substituents is 1. The zero-order chi connectivity index (χ0) is 32.2. The lowest BCUT2D eigenvalue weighted by Gasteiger charge is -2.18. The number of hydrogen-bond donors (Lipinski definition) is 0. The van der Waals surface area contributed by atoms with Crippen LogP contribution in [-0.2, 0) is 6.61 Å². The number of nitro groups is 1. The minimum atomic E-state index is -0.439. The molecule has 5 aromatic rings. The molecule has 0 aliphatic heterocycles. The quantitative estimate of drug-likeness (QED) is 0.0807. The van der Waals surface area contributed by atoms with Gasteiger partial charge in [-0.15, -0.1) is 0 Å². The molecule has 0 saturated carbocycles. The van der Waals surface area contributed by atoms with E-state index >= 15 is 0 Å². The first-order valence-electron chi connectivity index (χ1n) is 14.3. The van der Waals surface area contributed by atoms with E-state index in [0.717, 1.165) is 22.4 Å². The molecule has 1 aromatic heterocycles. The molecule has 230 valence electrons. The predicted molar refractivity (Wildman–Crippen MR) is 184 cm³/mol. The van der Waals surface area contributed by atoms with Gasteiger partial charge >= 0.3 is 0 Å². The number of fused-ring (bicyclic) bond motifs is 1. The molecule has 0 unspecified atom stereocenters. The Morgan fingerprint density at radius 1 is 1.02 bits per heavy atom. The summed E-state index contributed by atoms with van der Waals surface area (Å²) in [6.07, 6.45) is 1.59. The number of rotatable bonds is 10. The number of aromatic nitrogens is 2. The summed E-state index contributed by atoms with van der Waals surface area (Å²) in [6.45, 7) is 8.81. The maximum absolute atomic E-state index is 13.8. The lowest BCUT2D eigenvalue weighted by molar-refractivity contribution is -0.384. The third-order valence-corrected chi connectivity index (χ3v) is 8.30. The molecule has 9 nitrogen and oxygen atoms in total. The minimum Gasteiger partial charge on any atom is -0.494 e. The fourth-order valence-electron chi connectivity index (χ4n) is 4.91. The van der Waals surface area contributed by atoms with E-state index in [9.17, 15) is 14.9 Å². The number of para-hydroxylation sites is 1. The number of nitro benzene ring substituents is 1.